The number of hydrogen-bond donors (Lipinski definition) is 1. The summed E-state index contributed by atoms with van der Waals surface area (Å²) in [6.07, 6.45) is 1.08. The van der Waals surface area contributed by atoms with Crippen LogP contribution in [0.4, 0.5) is 5.69 Å². The second-order valence-electron chi connectivity index (χ2n) is 3.75. The summed E-state index contributed by atoms with van der Waals surface area (Å²) in [5.74, 6) is 0. The Morgan fingerprint density at radius 3 is 1.81 bits per heavy atom. The van der Waals surface area contributed by atoms with Crippen molar-refractivity contribution >= 4 is 5.69 Å². The average Bonchev–Trinajstić information content (AvgIpc) is 2.32. The van der Waals surface area contributed by atoms with Gasteiger partial charge in [0, 0.05) is 5.69 Å². The monoisotopic (exact) mass is 213 g/mol. The van der Waals surface area contributed by atoms with E-state index >= 15 is 0 Å². The molecular formula is C15H19N. The van der Waals surface area contributed by atoms with Gasteiger partial charge in [0.05, 0.1) is 0 Å². The van der Waals surface area contributed by atoms with Crippen LogP contribution in [-0.2, 0) is 6.42 Å². The number of anilines is 1. The molecule has 0 saturated heterocycles. The third-order valence-corrected chi connectivity index (χ3v) is 2.33. The van der Waals surface area contributed by atoms with E-state index < -0.39 is 0 Å². The van der Waals surface area contributed by atoms with Crippen molar-refractivity contribution in [3.8, 4) is 0 Å². The maximum absolute atomic E-state index is 5.48. The average molecular weight is 213 g/mol. The third-order valence-electron chi connectivity index (χ3n) is 2.33. The second-order valence-corrected chi connectivity index (χ2v) is 3.75. The largest absolute Gasteiger partial charge is 0.399 e. The van der Waals surface area contributed by atoms with Gasteiger partial charge in [-0.25, -0.2) is 0 Å². The van der Waals surface area contributed by atoms with Crippen molar-refractivity contribution in [1.82, 2.24) is 0 Å². The SMILES string of the molecule is CCc1ccc(N)cc1.Cc1ccccc1. The van der Waals surface area contributed by atoms with Crippen LogP contribution >= 0.6 is 0 Å². The lowest BCUT2D eigenvalue weighted by molar-refractivity contribution is 1.14. The van der Waals surface area contributed by atoms with Crippen LogP contribution in [0, 0.1) is 6.92 Å². The summed E-state index contributed by atoms with van der Waals surface area (Å²) in [5, 5.41) is 0. The number of hydrogen-bond acceptors (Lipinski definition) is 1. The number of benzene rings is 2. The quantitative estimate of drug-likeness (QED) is 0.716. The summed E-state index contributed by atoms with van der Waals surface area (Å²) in [6.45, 7) is 4.21. The topological polar surface area (TPSA) is 26.0 Å². The van der Waals surface area contributed by atoms with Crippen molar-refractivity contribution in [3.63, 3.8) is 0 Å². The molecule has 0 fully saturated rings. The summed E-state index contributed by atoms with van der Waals surface area (Å²) in [6, 6.07) is 18.2. The standard InChI is InChI=1S/C8H11N.C7H8/c1-2-7-3-5-8(9)6-4-7;1-7-5-3-2-4-6-7/h3-6H,2,9H2,1H3;2-6H,1H3. The van der Waals surface area contributed by atoms with E-state index in [1.165, 1.54) is 11.1 Å². The van der Waals surface area contributed by atoms with Crippen LogP contribution in [0.5, 0.6) is 0 Å². The van der Waals surface area contributed by atoms with Gasteiger partial charge in [-0.05, 0) is 31.0 Å². The van der Waals surface area contributed by atoms with Gasteiger partial charge in [0.2, 0.25) is 0 Å². The van der Waals surface area contributed by atoms with Gasteiger partial charge in [0.15, 0.2) is 0 Å². The fourth-order valence-corrected chi connectivity index (χ4v) is 1.29. The molecular weight excluding hydrogens is 194 g/mol. The molecule has 0 radical (unpaired) electrons. The molecule has 0 unspecified atom stereocenters. The van der Waals surface area contributed by atoms with E-state index in [0.29, 0.717) is 0 Å². The fraction of sp³-hybridized carbons (Fsp3) is 0.200. The number of rotatable bonds is 1. The fourth-order valence-electron chi connectivity index (χ4n) is 1.29. The molecule has 1 heteroatoms. The van der Waals surface area contributed by atoms with Crippen LogP contribution in [0.3, 0.4) is 0 Å². The molecule has 84 valence electrons. The minimum absolute atomic E-state index is 0.840. The first kappa shape index (κ1) is 12.3. The zero-order chi connectivity index (χ0) is 11.8. The molecule has 0 aliphatic carbocycles. The van der Waals surface area contributed by atoms with Gasteiger partial charge in [-0.3, -0.25) is 0 Å². The van der Waals surface area contributed by atoms with Gasteiger partial charge in [-0.1, -0.05) is 55.0 Å². The van der Waals surface area contributed by atoms with Crippen molar-refractivity contribution in [3.05, 3.63) is 65.7 Å². The molecule has 0 aromatic heterocycles. The minimum atomic E-state index is 0.840. The van der Waals surface area contributed by atoms with Crippen molar-refractivity contribution < 1.29 is 0 Å². The maximum atomic E-state index is 5.48. The Kier molecular flexibility index (Phi) is 5.13. The minimum Gasteiger partial charge on any atom is -0.399 e. The van der Waals surface area contributed by atoms with Crippen LogP contribution in [0.2, 0.25) is 0 Å². The van der Waals surface area contributed by atoms with Gasteiger partial charge in [-0.2, -0.15) is 0 Å². The summed E-state index contributed by atoms with van der Waals surface area (Å²) in [4.78, 5) is 0. The lowest BCUT2D eigenvalue weighted by Crippen LogP contribution is -1.84. The van der Waals surface area contributed by atoms with Crippen LogP contribution in [0.1, 0.15) is 18.1 Å². The Morgan fingerprint density at radius 1 is 0.875 bits per heavy atom. The lowest BCUT2D eigenvalue weighted by Gasteiger charge is -1.94. The summed E-state index contributed by atoms with van der Waals surface area (Å²) < 4.78 is 0. The summed E-state index contributed by atoms with van der Waals surface area (Å²) in [5.41, 5.74) is 8.98. The Bertz CT molecular complexity index is 390. The Labute approximate surface area is 97.9 Å². The van der Waals surface area contributed by atoms with Crippen molar-refractivity contribution in [2.24, 2.45) is 0 Å². The van der Waals surface area contributed by atoms with Gasteiger partial charge in [0.25, 0.3) is 0 Å². The highest BCUT2D eigenvalue weighted by molar-refractivity contribution is 5.39. The third kappa shape index (κ3) is 4.65. The zero-order valence-electron chi connectivity index (χ0n) is 9.98. The summed E-state index contributed by atoms with van der Waals surface area (Å²) >= 11 is 0. The van der Waals surface area contributed by atoms with E-state index in [1.54, 1.807) is 0 Å². The Hall–Kier alpha value is -1.76. The van der Waals surface area contributed by atoms with Crippen LogP contribution in [0.25, 0.3) is 0 Å². The summed E-state index contributed by atoms with van der Waals surface area (Å²) in [7, 11) is 0. The molecule has 0 atom stereocenters. The molecule has 0 spiro atoms. The molecule has 0 heterocycles. The molecule has 0 aliphatic rings. The highest BCUT2D eigenvalue weighted by Gasteiger charge is 1.85. The van der Waals surface area contributed by atoms with Crippen LogP contribution in [-0.4, -0.2) is 0 Å². The molecule has 16 heavy (non-hydrogen) atoms. The smallest absolute Gasteiger partial charge is 0.0314 e. The molecule has 2 aromatic rings. The first-order valence-corrected chi connectivity index (χ1v) is 5.58. The van der Waals surface area contributed by atoms with Gasteiger partial charge in [0.1, 0.15) is 0 Å². The lowest BCUT2D eigenvalue weighted by atomic mass is 10.2. The zero-order valence-corrected chi connectivity index (χ0v) is 9.98. The maximum Gasteiger partial charge on any atom is 0.0314 e. The molecule has 0 saturated carbocycles. The molecule has 0 amide bonds. The number of nitrogen functional groups attached to an aromatic ring is 1. The Morgan fingerprint density at radius 2 is 1.44 bits per heavy atom. The Balaban J connectivity index is 0.000000165. The van der Waals surface area contributed by atoms with E-state index in [9.17, 15) is 0 Å². The molecule has 2 N–H and O–H groups in total. The van der Waals surface area contributed by atoms with Gasteiger partial charge < -0.3 is 5.73 Å². The van der Waals surface area contributed by atoms with Crippen molar-refractivity contribution in [2.75, 3.05) is 5.73 Å². The second kappa shape index (κ2) is 6.67. The molecule has 1 nitrogen and oxygen atoms in total. The van der Waals surface area contributed by atoms with E-state index in [-0.39, 0.29) is 0 Å². The normalized spacial score (nSPS) is 9.12. The van der Waals surface area contributed by atoms with Crippen LogP contribution < -0.4 is 5.73 Å². The molecule has 2 rings (SSSR count). The molecule has 0 bridgehead atoms. The van der Waals surface area contributed by atoms with Gasteiger partial charge >= 0.3 is 0 Å². The first-order valence-electron chi connectivity index (χ1n) is 5.58. The number of nitrogens with two attached hydrogens (primary N) is 1. The van der Waals surface area contributed by atoms with E-state index in [4.69, 9.17) is 5.73 Å². The molecule has 0 aliphatic heterocycles. The van der Waals surface area contributed by atoms with Crippen molar-refractivity contribution in [1.29, 1.82) is 0 Å². The predicted molar refractivity (Wildman–Crippen MR) is 71.4 cm³/mol. The predicted octanol–water partition coefficient (Wildman–Crippen LogP) is 3.83. The van der Waals surface area contributed by atoms with Crippen LogP contribution in [0.15, 0.2) is 54.6 Å². The van der Waals surface area contributed by atoms with E-state index in [1.807, 2.05) is 30.3 Å². The number of aryl methyl sites for hydroxylation is 2. The highest BCUT2D eigenvalue weighted by Crippen LogP contribution is 2.04. The van der Waals surface area contributed by atoms with E-state index in [2.05, 4.69) is 38.1 Å². The molecule has 2 aromatic carbocycles. The van der Waals surface area contributed by atoms with Gasteiger partial charge in [-0.15, -0.1) is 0 Å². The van der Waals surface area contributed by atoms with E-state index in [0.717, 1.165) is 12.1 Å². The van der Waals surface area contributed by atoms with Crippen molar-refractivity contribution in [2.45, 2.75) is 20.3 Å². The first-order chi connectivity index (χ1) is 7.72. The highest BCUT2D eigenvalue weighted by atomic mass is 14.5.